The van der Waals surface area contributed by atoms with E-state index in [0.717, 1.165) is 24.6 Å². The maximum Gasteiger partial charge on any atom is 0.319 e. The molecule has 35 heavy (non-hydrogen) atoms. The molecule has 2 rings (SSSR count). The third kappa shape index (κ3) is 6.84. The molecule has 0 radical (unpaired) electrons. The highest BCUT2D eigenvalue weighted by Crippen LogP contribution is 2.44. The van der Waals surface area contributed by atoms with Crippen molar-refractivity contribution in [3.05, 3.63) is 38.3 Å². The average Bonchev–Trinajstić information content (AvgIpc) is 2.83. The van der Waals surface area contributed by atoms with E-state index in [1.165, 1.54) is 19.2 Å². The van der Waals surface area contributed by atoms with Gasteiger partial charge in [0, 0.05) is 19.0 Å². The first-order chi connectivity index (χ1) is 16.7. The third-order valence-electron chi connectivity index (χ3n) is 5.33. The van der Waals surface area contributed by atoms with Gasteiger partial charge in [-0.15, -0.1) is 0 Å². The van der Waals surface area contributed by atoms with Crippen LogP contribution in [0.25, 0.3) is 0 Å². The molecule has 0 bridgehead atoms. The summed E-state index contributed by atoms with van der Waals surface area (Å²) in [5, 5.41) is 13.3. The zero-order chi connectivity index (χ0) is 26.1. The summed E-state index contributed by atoms with van der Waals surface area (Å²) in [6.45, 7) is 7.35. The molecule has 1 aromatic rings. The SMILES string of the molecule is CCCN(CCC)C(=O)CSC1=C(C#N)[C@H](c2cc(Cl)c(OCC)c(Cl)c2)[C@@H](C(=O)OC)C(=O)N1. The van der Waals surface area contributed by atoms with Crippen molar-refractivity contribution in [3.63, 3.8) is 0 Å². The number of carbonyl (C=O) groups is 3. The zero-order valence-corrected chi connectivity index (χ0v) is 22.5. The Morgan fingerprint density at radius 3 is 2.26 bits per heavy atom. The van der Waals surface area contributed by atoms with E-state index in [9.17, 15) is 19.6 Å². The molecular formula is C24H29Cl2N3O5S. The Kier molecular flexibility index (Phi) is 11.2. The monoisotopic (exact) mass is 541 g/mol. The number of amides is 2. The summed E-state index contributed by atoms with van der Waals surface area (Å²) in [6.07, 6.45) is 1.64. The van der Waals surface area contributed by atoms with Crippen molar-refractivity contribution in [2.75, 3.05) is 32.6 Å². The number of carbonyl (C=O) groups excluding carboxylic acids is 3. The number of halogens is 2. The second kappa shape index (κ2) is 13.6. The van der Waals surface area contributed by atoms with Crippen LogP contribution in [-0.4, -0.2) is 55.2 Å². The molecule has 1 aliphatic heterocycles. The Morgan fingerprint density at radius 2 is 1.77 bits per heavy atom. The second-order valence-corrected chi connectivity index (χ2v) is 9.54. The Labute approximate surface area is 219 Å². The Balaban J connectivity index is 2.52. The molecule has 0 saturated heterocycles. The number of allylic oxidation sites excluding steroid dienone is 1. The number of nitriles is 1. The van der Waals surface area contributed by atoms with Crippen LogP contribution in [0.3, 0.4) is 0 Å². The molecule has 1 aromatic carbocycles. The number of thioether (sulfide) groups is 1. The lowest BCUT2D eigenvalue weighted by molar-refractivity contribution is -0.150. The highest BCUT2D eigenvalue weighted by atomic mass is 35.5. The molecule has 0 fully saturated rings. The molecular weight excluding hydrogens is 513 g/mol. The number of esters is 1. The maximum atomic E-state index is 13.0. The van der Waals surface area contributed by atoms with Crippen LogP contribution in [0.1, 0.15) is 45.1 Å². The van der Waals surface area contributed by atoms with Crippen LogP contribution >= 0.6 is 35.0 Å². The van der Waals surface area contributed by atoms with E-state index >= 15 is 0 Å². The molecule has 1 aliphatic rings. The van der Waals surface area contributed by atoms with Gasteiger partial charge in [0.25, 0.3) is 0 Å². The van der Waals surface area contributed by atoms with Crippen molar-refractivity contribution < 1.29 is 23.9 Å². The first-order valence-corrected chi connectivity index (χ1v) is 13.0. The smallest absolute Gasteiger partial charge is 0.319 e. The number of ether oxygens (including phenoxy) is 2. The van der Waals surface area contributed by atoms with Gasteiger partial charge < -0.3 is 19.7 Å². The summed E-state index contributed by atoms with van der Waals surface area (Å²) in [5.74, 6) is -3.60. The molecule has 190 valence electrons. The number of methoxy groups -OCH3 is 1. The quantitative estimate of drug-likeness (QED) is 0.324. The van der Waals surface area contributed by atoms with Crippen LogP contribution in [0, 0.1) is 17.2 Å². The van der Waals surface area contributed by atoms with Crippen molar-refractivity contribution in [2.24, 2.45) is 5.92 Å². The van der Waals surface area contributed by atoms with E-state index < -0.39 is 23.7 Å². The van der Waals surface area contributed by atoms with Crippen LogP contribution in [-0.2, 0) is 19.1 Å². The largest absolute Gasteiger partial charge is 0.491 e. The minimum atomic E-state index is -1.34. The third-order valence-corrected chi connectivity index (χ3v) is 6.90. The van der Waals surface area contributed by atoms with Crippen LogP contribution in [0.2, 0.25) is 10.0 Å². The van der Waals surface area contributed by atoms with Gasteiger partial charge in [0.05, 0.1) is 46.2 Å². The standard InChI is InChI=1S/C24H29Cl2N3O5S/c1-5-8-29(9-6-2)18(30)13-35-23-15(12-27)19(20(22(31)28-23)24(32)33-4)14-10-16(25)21(34-7-3)17(26)11-14/h10-11,19-20H,5-9,13H2,1-4H3,(H,28,31)/t19-,20+/m0/s1. The van der Waals surface area contributed by atoms with Gasteiger partial charge in [-0.25, -0.2) is 0 Å². The van der Waals surface area contributed by atoms with Crippen molar-refractivity contribution in [1.82, 2.24) is 10.2 Å². The molecule has 0 unspecified atom stereocenters. The highest BCUT2D eigenvalue weighted by Gasteiger charge is 2.44. The van der Waals surface area contributed by atoms with E-state index in [0.29, 0.717) is 25.3 Å². The van der Waals surface area contributed by atoms with Gasteiger partial charge >= 0.3 is 5.97 Å². The van der Waals surface area contributed by atoms with Crippen LogP contribution in [0.15, 0.2) is 22.7 Å². The molecule has 0 saturated carbocycles. The molecule has 0 spiro atoms. The number of rotatable bonds is 11. The van der Waals surface area contributed by atoms with Gasteiger partial charge in [-0.2, -0.15) is 5.26 Å². The number of nitrogens with zero attached hydrogens (tertiary/aromatic N) is 2. The summed E-state index contributed by atoms with van der Waals surface area (Å²) in [4.78, 5) is 40.1. The Morgan fingerprint density at radius 1 is 1.17 bits per heavy atom. The van der Waals surface area contributed by atoms with Crippen molar-refractivity contribution in [3.8, 4) is 11.8 Å². The van der Waals surface area contributed by atoms with Crippen LogP contribution in [0.4, 0.5) is 0 Å². The fourth-order valence-corrected chi connectivity index (χ4v) is 5.41. The lowest BCUT2D eigenvalue weighted by Gasteiger charge is -2.31. The van der Waals surface area contributed by atoms with Gasteiger partial charge in [-0.1, -0.05) is 48.8 Å². The number of hydrogen-bond donors (Lipinski definition) is 1. The molecule has 2 amide bonds. The predicted octanol–water partition coefficient (Wildman–Crippen LogP) is 4.51. The molecule has 0 aliphatic carbocycles. The number of hydrogen-bond acceptors (Lipinski definition) is 7. The summed E-state index contributed by atoms with van der Waals surface area (Å²) in [6, 6.07) is 5.15. The fraction of sp³-hybridized carbons (Fsp3) is 0.500. The lowest BCUT2D eigenvalue weighted by Crippen LogP contribution is -2.44. The van der Waals surface area contributed by atoms with Gasteiger partial charge in [-0.05, 0) is 37.5 Å². The van der Waals surface area contributed by atoms with Crippen LogP contribution in [0.5, 0.6) is 5.75 Å². The van der Waals surface area contributed by atoms with Crippen molar-refractivity contribution in [2.45, 2.75) is 39.5 Å². The lowest BCUT2D eigenvalue weighted by atomic mass is 9.78. The van der Waals surface area contributed by atoms with Crippen LogP contribution < -0.4 is 10.1 Å². The zero-order valence-electron chi connectivity index (χ0n) is 20.2. The summed E-state index contributed by atoms with van der Waals surface area (Å²) in [7, 11) is 1.17. The van der Waals surface area contributed by atoms with Gasteiger partial charge in [-0.3, -0.25) is 14.4 Å². The van der Waals surface area contributed by atoms with Gasteiger partial charge in [0.1, 0.15) is 5.92 Å². The molecule has 8 nitrogen and oxygen atoms in total. The average molecular weight is 542 g/mol. The minimum Gasteiger partial charge on any atom is -0.491 e. The predicted molar refractivity (Wildman–Crippen MR) is 136 cm³/mol. The van der Waals surface area contributed by atoms with E-state index in [1.54, 1.807) is 11.8 Å². The van der Waals surface area contributed by atoms with Crippen molar-refractivity contribution >= 4 is 52.7 Å². The normalized spacial score (nSPS) is 17.5. The van der Waals surface area contributed by atoms with E-state index in [-0.39, 0.29) is 38.1 Å². The summed E-state index contributed by atoms with van der Waals surface area (Å²) >= 11 is 13.8. The Bertz CT molecular complexity index is 1010. The molecule has 1 N–H and O–H groups in total. The number of benzene rings is 1. The highest BCUT2D eigenvalue weighted by molar-refractivity contribution is 8.03. The van der Waals surface area contributed by atoms with Crippen molar-refractivity contribution in [1.29, 1.82) is 5.26 Å². The van der Waals surface area contributed by atoms with E-state index in [2.05, 4.69) is 11.4 Å². The summed E-state index contributed by atoms with van der Waals surface area (Å²) in [5.41, 5.74) is 0.500. The molecule has 0 aromatic heterocycles. The van der Waals surface area contributed by atoms with E-state index in [4.69, 9.17) is 32.7 Å². The van der Waals surface area contributed by atoms with Gasteiger partial charge in [0.2, 0.25) is 11.8 Å². The fourth-order valence-electron chi connectivity index (χ4n) is 3.85. The minimum absolute atomic E-state index is 0.0290. The molecule has 1 heterocycles. The summed E-state index contributed by atoms with van der Waals surface area (Å²) < 4.78 is 10.3. The number of nitrogens with one attached hydrogen (secondary N) is 1. The second-order valence-electron chi connectivity index (χ2n) is 7.74. The van der Waals surface area contributed by atoms with E-state index in [1.807, 2.05) is 13.8 Å². The van der Waals surface area contributed by atoms with Gasteiger partial charge in [0.15, 0.2) is 5.75 Å². The first-order valence-electron chi connectivity index (χ1n) is 11.3. The maximum absolute atomic E-state index is 13.0. The molecule has 2 atom stereocenters. The first kappa shape index (κ1) is 28.8. The topological polar surface area (TPSA) is 109 Å². The molecule has 11 heteroatoms. The Hall–Kier alpha value is -2.41.